The van der Waals surface area contributed by atoms with Gasteiger partial charge in [-0.15, -0.1) is 10.5 Å². The number of nitrogens with zero attached hydrogens (tertiary/aromatic N) is 4. The van der Waals surface area contributed by atoms with E-state index in [-0.39, 0.29) is 54.2 Å². The van der Waals surface area contributed by atoms with Gasteiger partial charge in [0.25, 0.3) is 12.5 Å². The SMILES string of the molecule is [C-]#[N+]Oc1cc(Cl)c(OC#N)c(C(=C(Cl)Cl)c2cc(OC#N)cc(Cl)c2O[N+]#[C-])c1. The number of benzene rings is 2. The highest BCUT2D eigenvalue weighted by molar-refractivity contribution is 6.59. The van der Waals surface area contributed by atoms with Crippen LogP contribution < -0.4 is 19.1 Å². The maximum absolute atomic E-state index is 8.99. The molecule has 0 bridgehead atoms. The van der Waals surface area contributed by atoms with E-state index in [9.17, 15) is 0 Å². The minimum atomic E-state index is -0.381. The van der Waals surface area contributed by atoms with E-state index in [0.29, 0.717) is 0 Å². The summed E-state index contributed by atoms with van der Waals surface area (Å²) in [5.74, 6) is -0.405. The molecule has 30 heavy (non-hydrogen) atoms. The van der Waals surface area contributed by atoms with E-state index in [4.69, 9.17) is 89.2 Å². The molecule has 2 aromatic rings. The first kappa shape index (κ1) is 22.8. The lowest BCUT2D eigenvalue weighted by atomic mass is 9.97. The topological polar surface area (TPSA) is 93.2 Å². The van der Waals surface area contributed by atoms with Crippen molar-refractivity contribution in [1.29, 1.82) is 10.5 Å². The van der Waals surface area contributed by atoms with E-state index < -0.39 is 0 Å². The van der Waals surface area contributed by atoms with E-state index >= 15 is 0 Å². The lowest BCUT2D eigenvalue weighted by Gasteiger charge is -2.15. The largest absolute Gasteiger partial charge is 0.388 e. The van der Waals surface area contributed by atoms with Gasteiger partial charge in [-0.05, 0) is 16.1 Å². The van der Waals surface area contributed by atoms with E-state index in [1.807, 2.05) is 0 Å². The van der Waals surface area contributed by atoms with Crippen molar-refractivity contribution in [3.05, 3.63) is 73.1 Å². The van der Waals surface area contributed by atoms with Crippen LogP contribution in [-0.4, -0.2) is 0 Å². The third-order valence-corrected chi connectivity index (χ3v) is 4.30. The van der Waals surface area contributed by atoms with Gasteiger partial charge < -0.3 is 9.47 Å². The molecule has 12 heteroatoms. The molecular formula is C18H4Cl4N4O4. The lowest BCUT2D eigenvalue weighted by Crippen LogP contribution is -1.99. The van der Waals surface area contributed by atoms with E-state index in [2.05, 4.69) is 10.0 Å². The molecule has 2 rings (SSSR count). The molecule has 0 aliphatic heterocycles. The zero-order valence-electron chi connectivity index (χ0n) is 14.2. The fraction of sp³-hybridized carbons (Fsp3) is 0. The fourth-order valence-corrected chi connectivity index (χ4v) is 3.26. The highest BCUT2D eigenvalue weighted by Gasteiger charge is 2.27. The molecule has 0 N–H and O–H groups in total. The van der Waals surface area contributed by atoms with Gasteiger partial charge in [0.15, 0.2) is 5.75 Å². The summed E-state index contributed by atoms with van der Waals surface area (Å²) >= 11 is 24.5. The van der Waals surface area contributed by atoms with Crippen LogP contribution in [0.25, 0.3) is 15.6 Å². The van der Waals surface area contributed by atoms with Crippen molar-refractivity contribution in [3.63, 3.8) is 0 Å². The first-order valence-electron chi connectivity index (χ1n) is 7.30. The van der Waals surface area contributed by atoms with Crippen molar-refractivity contribution in [3.8, 4) is 35.5 Å². The molecule has 0 aromatic heterocycles. The van der Waals surface area contributed by atoms with Crippen LogP contribution in [0.2, 0.25) is 10.0 Å². The van der Waals surface area contributed by atoms with Crippen LogP contribution in [-0.2, 0) is 0 Å². The van der Waals surface area contributed by atoms with Gasteiger partial charge in [-0.2, -0.15) is 22.8 Å². The molecule has 0 radical (unpaired) electrons. The van der Waals surface area contributed by atoms with Crippen molar-refractivity contribution >= 4 is 52.0 Å². The van der Waals surface area contributed by atoms with Gasteiger partial charge in [0, 0.05) is 34.9 Å². The van der Waals surface area contributed by atoms with Crippen LogP contribution in [0.4, 0.5) is 0 Å². The number of halogens is 4. The summed E-state index contributed by atoms with van der Waals surface area (Å²) in [4.78, 5) is 9.69. The highest BCUT2D eigenvalue weighted by Crippen LogP contribution is 2.47. The molecule has 0 aliphatic carbocycles. The van der Waals surface area contributed by atoms with Gasteiger partial charge in [-0.3, -0.25) is 0 Å². The zero-order chi connectivity index (χ0) is 22.3. The number of ether oxygens (including phenoxy) is 2. The monoisotopic (exact) mass is 480 g/mol. The minimum Gasteiger partial charge on any atom is -0.388 e. The molecule has 0 heterocycles. The molecular weight excluding hydrogens is 478 g/mol. The number of hydrogen-bond acceptors (Lipinski definition) is 6. The number of nitriles is 2. The normalized spacial score (nSPS) is 9.20. The Morgan fingerprint density at radius 2 is 1.33 bits per heavy atom. The Hall–Kier alpha value is -3.50. The Kier molecular flexibility index (Phi) is 7.84. The van der Waals surface area contributed by atoms with Crippen LogP contribution >= 0.6 is 46.4 Å². The summed E-state index contributed by atoms with van der Waals surface area (Å²) in [6, 6.07) is 4.99. The number of hydrogen-bond donors (Lipinski definition) is 0. The van der Waals surface area contributed by atoms with Gasteiger partial charge in [0.05, 0.1) is 10.0 Å². The molecule has 8 nitrogen and oxygen atoms in total. The number of rotatable bonds is 6. The average molecular weight is 482 g/mol. The highest BCUT2D eigenvalue weighted by atomic mass is 35.5. The maximum Gasteiger partial charge on any atom is 0.292 e. The third kappa shape index (κ3) is 4.91. The molecule has 148 valence electrons. The molecule has 0 saturated carbocycles. The van der Waals surface area contributed by atoms with E-state index in [0.717, 1.165) is 0 Å². The summed E-state index contributed by atoms with van der Waals surface area (Å²) in [5.41, 5.74) is -0.0601. The van der Waals surface area contributed by atoms with Gasteiger partial charge >= 0.3 is 0 Å². The molecule has 0 fully saturated rings. The van der Waals surface area contributed by atoms with Crippen molar-refractivity contribution in [2.75, 3.05) is 0 Å². The van der Waals surface area contributed by atoms with Gasteiger partial charge in [-0.1, -0.05) is 46.4 Å². The molecule has 0 atom stereocenters. The van der Waals surface area contributed by atoms with E-state index in [1.165, 1.54) is 36.8 Å². The molecule has 0 unspecified atom stereocenters. The second kappa shape index (κ2) is 10.3. The summed E-state index contributed by atoms with van der Waals surface area (Å²) in [6.07, 6.45) is 2.96. The second-order valence-corrected chi connectivity index (χ2v) is 6.71. The summed E-state index contributed by atoms with van der Waals surface area (Å²) in [6.45, 7) is 13.8. The Bertz CT molecular complexity index is 1110. The van der Waals surface area contributed by atoms with Crippen LogP contribution in [0.1, 0.15) is 11.1 Å². The van der Waals surface area contributed by atoms with Gasteiger partial charge in [-0.25, -0.2) is 0 Å². The van der Waals surface area contributed by atoms with Gasteiger partial charge in [0.2, 0.25) is 11.5 Å². The van der Waals surface area contributed by atoms with Crippen molar-refractivity contribution in [2.45, 2.75) is 0 Å². The summed E-state index contributed by atoms with van der Waals surface area (Å²) in [5, 5.41) is 23.2. The predicted molar refractivity (Wildman–Crippen MR) is 108 cm³/mol. The summed E-state index contributed by atoms with van der Waals surface area (Å²) < 4.78 is 9.35. The first-order chi connectivity index (χ1) is 14.4. The molecule has 0 spiro atoms. The quantitative estimate of drug-likeness (QED) is 0.271. The van der Waals surface area contributed by atoms with Gasteiger partial charge in [0.1, 0.15) is 10.2 Å². The van der Waals surface area contributed by atoms with Crippen molar-refractivity contribution < 1.29 is 19.1 Å². The average Bonchev–Trinajstić information content (AvgIpc) is 2.67. The Balaban J connectivity index is 2.94. The predicted octanol–water partition coefficient (Wildman–Crippen LogP) is 6.33. The third-order valence-electron chi connectivity index (χ3n) is 3.36. The molecule has 0 saturated heterocycles. The van der Waals surface area contributed by atoms with Crippen LogP contribution in [0.3, 0.4) is 0 Å². The standard InChI is InChI=1S/C18H4Cl4N4O4/c1-25-29-10-4-11(16(28-8-24)13(19)6-10)15(18(21)22)12-3-9(27-7-23)5-14(20)17(12)30-26-2/h3-6H. The lowest BCUT2D eigenvalue weighted by molar-refractivity contribution is 0.465. The smallest absolute Gasteiger partial charge is 0.292 e. The maximum atomic E-state index is 8.99. The Morgan fingerprint density at radius 3 is 1.90 bits per heavy atom. The Morgan fingerprint density at radius 1 is 0.800 bits per heavy atom. The van der Waals surface area contributed by atoms with E-state index in [1.54, 1.807) is 0 Å². The van der Waals surface area contributed by atoms with Crippen molar-refractivity contribution in [1.82, 2.24) is 0 Å². The second-order valence-electron chi connectivity index (χ2n) is 4.95. The molecule has 0 aliphatic rings. The van der Waals surface area contributed by atoms with Crippen molar-refractivity contribution in [2.24, 2.45) is 0 Å². The van der Waals surface area contributed by atoms with Crippen LogP contribution in [0.5, 0.6) is 23.0 Å². The summed E-state index contributed by atoms with van der Waals surface area (Å²) in [7, 11) is 0. The first-order valence-corrected chi connectivity index (χ1v) is 8.81. The Labute approximate surface area is 190 Å². The minimum absolute atomic E-state index is 0.00238. The van der Waals surface area contributed by atoms with Crippen LogP contribution in [0.15, 0.2) is 28.8 Å². The molecule has 0 amide bonds. The molecule has 2 aromatic carbocycles. The fourth-order valence-electron chi connectivity index (χ4n) is 2.36. The zero-order valence-corrected chi connectivity index (χ0v) is 17.3. The van der Waals surface area contributed by atoms with Crippen LogP contribution in [0, 0.1) is 36.2 Å².